The monoisotopic (exact) mass is 426 g/mol. The van der Waals surface area contributed by atoms with E-state index in [4.69, 9.17) is 0 Å². The fourth-order valence-corrected chi connectivity index (χ4v) is 3.63. The highest BCUT2D eigenvalue weighted by atomic mass is 16.2. The minimum atomic E-state index is -0.290. The van der Waals surface area contributed by atoms with Gasteiger partial charge in [-0.25, -0.2) is 10.0 Å². The van der Waals surface area contributed by atoms with Gasteiger partial charge in [-0.15, -0.1) is 0 Å². The van der Waals surface area contributed by atoms with Gasteiger partial charge in [-0.3, -0.25) is 15.0 Å². The second kappa shape index (κ2) is 10.0. The number of nitrogens with zero attached hydrogens (tertiary/aromatic N) is 3. The third-order valence-electron chi connectivity index (χ3n) is 5.23. The molecule has 0 radical (unpaired) electrons. The molecular formula is C26H26N4O2. The van der Waals surface area contributed by atoms with Crippen LogP contribution in [0.3, 0.4) is 0 Å². The molecule has 32 heavy (non-hydrogen) atoms. The van der Waals surface area contributed by atoms with Crippen molar-refractivity contribution in [2.45, 2.75) is 32.9 Å². The second-order valence-corrected chi connectivity index (χ2v) is 7.86. The molecule has 0 saturated carbocycles. The first-order valence-corrected chi connectivity index (χ1v) is 10.7. The van der Waals surface area contributed by atoms with Crippen molar-refractivity contribution in [3.63, 3.8) is 0 Å². The summed E-state index contributed by atoms with van der Waals surface area (Å²) in [6.07, 6.45) is 0.565. The molecule has 0 unspecified atom stereocenters. The number of hydrazine groups is 1. The summed E-state index contributed by atoms with van der Waals surface area (Å²) in [5, 5.41) is 7.62. The Labute approximate surface area is 188 Å². The molecule has 6 heteroatoms. The van der Waals surface area contributed by atoms with Crippen LogP contribution in [0.2, 0.25) is 0 Å². The van der Waals surface area contributed by atoms with E-state index < -0.39 is 0 Å². The lowest BCUT2D eigenvalue weighted by atomic mass is 10.1. The molecule has 1 aliphatic heterocycles. The minimum Gasteiger partial charge on any atom is -0.283 e. The molecule has 1 N–H and O–H groups in total. The Hall–Kier alpha value is -3.77. The van der Waals surface area contributed by atoms with Gasteiger partial charge in [0, 0.05) is 25.9 Å². The highest BCUT2D eigenvalue weighted by Crippen LogP contribution is 2.21. The van der Waals surface area contributed by atoms with Gasteiger partial charge in [0.15, 0.2) is 0 Å². The Morgan fingerprint density at radius 2 is 1.53 bits per heavy atom. The lowest BCUT2D eigenvalue weighted by Gasteiger charge is -2.26. The van der Waals surface area contributed by atoms with Crippen LogP contribution in [-0.4, -0.2) is 22.5 Å². The summed E-state index contributed by atoms with van der Waals surface area (Å²) >= 11 is 0. The van der Waals surface area contributed by atoms with Crippen LogP contribution in [0, 0.1) is 6.92 Å². The van der Waals surface area contributed by atoms with E-state index in [9.17, 15) is 9.59 Å². The maximum atomic E-state index is 13.1. The Kier molecular flexibility index (Phi) is 6.72. The largest absolute Gasteiger partial charge is 0.283 e. The number of benzene rings is 3. The number of aryl methyl sites for hydroxylation is 1. The van der Waals surface area contributed by atoms with E-state index in [0.717, 1.165) is 16.7 Å². The van der Waals surface area contributed by atoms with Crippen LogP contribution in [0.5, 0.6) is 0 Å². The zero-order valence-corrected chi connectivity index (χ0v) is 18.1. The lowest BCUT2D eigenvalue weighted by molar-refractivity contribution is -0.120. The SMILES string of the molecule is Cc1cccc(N2N=C(C(=O)NN(Cc3ccccc3)Cc3ccccc3)CCC2=O)c1. The summed E-state index contributed by atoms with van der Waals surface area (Å²) < 4.78 is 0. The van der Waals surface area contributed by atoms with Crippen LogP contribution in [0.1, 0.15) is 29.5 Å². The maximum absolute atomic E-state index is 13.1. The summed E-state index contributed by atoms with van der Waals surface area (Å²) in [6, 6.07) is 27.5. The number of amides is 2. The van der Waals surface area contributed by atoms with Crippen molar-refractivity contribution in [2.75, 3.05) is 5.01 Å². The van der Waals surface area contributed by atoms with E-state index in [2.05, 4.69) is 10.5 Å². The summed E-state index contributed by atoms with van der Waals surface area (Å²) in [5.41, 5.74) is 7.23. The molecule has 6 nitrogen and oxygen atoms in total. The van der Waals surface area contributed by atoms with Crippen LogP contribution in [0.15, 0.2) is 90.0 Å². The minimum absolute atomic E-state index is 0.113. The number of carbonyl (C=O) groups is 2. The van der Waals surface area contributed by atoms with Crippen molar-refractivity contribution < 1.29 is 9.59 Å². The maximum Gasteiger partial charge on any atom is 0.281 e. The third kappa shape index (κ3) is 5.47. The van der Waals surface area contributed by atoms with Gasteiger partial charge in [-0.2, -0.15) is 5.10 Å². The number of hydrazone groups is 1. The molecule has 0 spiro atoms. The van der Waals surface area contributed by atoms with E-state index in [0.29, 0.717) is 30.9 Å². The first-order chi connectivity index (χ1) is 15.6. The number of nitrogens with one attached hydrogen (secondary N) is 1. The highest BCUT2D eigenvalue weighted by Gasteiger charge is 2.26. The van der Waals surface area contributed by atoms with E-state index in [1.165, 1.54) is 5.01 Å². The van der Waals surface area contributed by atoms with Crippen LogP contribution >= 0.6 is 0 Å². The number of carbonyl (C=O) groups excluding carboxylic acids is 2. The molecule has 0 aliphatic carbocycles. The van der Waals surface area contributed by atoms with Gasteiger partial charge >= 0.3 is 0 Å². The average molecular weight is 427 g/mol. The van der Waals surface area contributed by atoms with Gasteiger partial charge in [0.2, 0.25) is 5.91 Å². The van der Waals surface area contributed by atoms with Crippen molar-refractivity contribution in [3.05, 3.63) is 102 Å². The molecule has 0 aromatic heterocycles. The third-order valence-corrected chi connectivity index (χ3v) is 5.23. The average Bonchev–Trinajstić information content (AvgIpc) is 2.80. The number of hydrogen-bond acceptors (Lipinski definition) is 4. The van der Waals surface area contributed by atoms with Crippen molar-refractivity contribution >= 4 is 23.2 Å². The number of anilines is 1. The molecule has 0 fully saturated rings. The van der Waals surface area contributed by atoms with Crippen LogP contribution < -0.4 is 10.4 Å². The quantitative estimate of drug-likeness (QED) is 0.576. The highest BCUT2D eigenvalue weighted by molar-refractivity contribution is 6.40. The Morgan fingerprint density at radius 3 is 2.12 bits per heavy atom. The summed E-state index contributed by atoms with van der Waals surface area (Å²) in [7, 11) is 0. The van der Waals surface area contributed by atoms with Gasteiger partial charge in [-0.05, 0) is 35.7 Å². The molecule has 3 aromatic carbocycles. The van der Waals surface area contributed by atoms with E-state index >= 15 is 0 Å². The first kappa shape index (κ1) is 21.5. The van der Waals surface area contributed by atoms with Crippen molar-refractivity contribution in [1.82, 2.24) is 10.4 Å². The van der Waals surface area contributed by atoms with E-state index in [1.807, 2.05) is 96.9 Å². The first-order valence-electron chi connectivity index (χ1n) is 10.7. The Morgan fingerprint density at radius 1 is 0.906 bits per heavy atom. The summed E-state index contributed by atoms with van der Waals surface area (Å²) in [6.45, 7) is 3.06. The molecule has 0 bridgehead atoms. The van der Waals surface area contributed by atoms with Crippen molar-refractivity contribution in [1.29, 1.82) is 0 Å². The molecule has 2 amide bonds. The normalized spacial score (nSPS) is 13.8. The van der Waals surface area contributed by atoms with Gasteiger partial charge in [0.05, 0.1) is 5.69 Å². The molecular weight excluding hydrogens is 400 g/mol. The molecule has 1 aliphatic rings. The topological polar surface area (TPSA) is 65.0 Å². The zero-order chi connectivity index (χ0) is 22.3. The smallest absolute Gasteiger partial charge is 0.281 e. The van der Waals surface area contributed by atoms with E-state index in [1.54, 1.807) is 0 Å². The van der Waals surface area contributed by atoms with Gasteiger partial charge in [0.1, 0.15) is 5.71 Å². The fourth-order valence-electron chi connectivity index (χ4n) is 3.63. The summed E-state index contributed by atoms with van der Waals surface area (Å²) in [5.74, 6) is -0.403. The van der Waals surface area contributed by atoms with Gasteiger partial charge in [-0.1, -0.05) is 72.8 Å². The molecule has 0 atom stereocenters. The molecule has 3 aromatic rings. The zero-order valence-electron chi connectivity index (χ0n) is 18.1. The standard InChI is InChI=1S/C26H26N4O2/c1-20-9-8-14-23(17-20)30-25(31)16-15-24(27-30)26(32)28-29(18-21-10-4-2-5-11-21)19-22-12-6-3-7-13-22/h2-14,17H,15-16,18-19H2,1H3,(H,28,32). The lowest BCUT2D eigenvalue weighted by Crippen LogP contribution is -2.46. The molecule has 4 rings (SSSR count). The van der Waals surface area contributed by atoms with Crippen LogP contribution in [0.25, 0.3) is 0 Å². The van der Waals surface area contributed by atoms with Crippen molar-refractivity contribution in [3.8, 4) is 0 Å². The van der Waals surface area contributed by atoms with Gasteiger partial charge in [0.25, 0.3) is 5.91 Å². The second-order valence-electron chi connectivity index (χ2n) is 7.86. The summed E-state index contributed by atoms with van der Waals surface area (Å²) in [4.78, 5) is 25.6. The fraction of sp³-hybridized carbons (Fsp3) is 0.192. The van der Waals surface area contributed by atoms with E-state index in [-0.39, 0.29) is 18.2 Å². The predicted octanol–water partition coefficient (Wildman–Crippen LogP) is 4.21. The molecule has 0 saturated heterocycles. The number of hydrogen-bond donors (Lipinski definition) is 1. The van der Waals surface area contributed by atoms with Crippen LogP contribution in [0.4, 0.5) is 5.69 Å². The van der Waals surface area contributed by atoms with Crippen LogP contribution in [-0.2, 0) is 22.7 Å². The molecule has 1 heterocycles. The van der Waals surface area contributed by atoms with Gasteiger partial charge < -0.3 is 0 Å². The Balaban J connectivity index is 1.53. The van der Waals surface area contributed by atoms with Crippen molar-refractivity contribution in [2.24, 2.45) is 5.10 Å². The predicted molar refractivity (Wildman–Crippen MR) is 126 cm³/mol. The molecule has 162 valence electrons. The Bertz CT molecular complexity index is 1070. The number of rotatable bonds is 7.